The van der Waals surface area contributed by atoms with Crippen molar-refractivity contribution < 1.29 is 4.79 Å². The van der Waals surface area contributed by atoms with Gasteiger partial charge in [0.2, 0.25) is 5.91 Å². The summed E-state index contributed by atoms with van der Waals surface area (Å²) in [5.41, 5.74) is -0.457. The molecule has 0 spiro atoms. The van der Waals surface area contributed by atoms with Crippen molar-refractivity contribution >= 4 is 5.91 Å². The van der Waals surface area contributed by atoms with Crippen LogP contribution in [-0.4, -0.2) is 62.0 Å². The molecule has 0 aromatic rings. The third-order valence-corrected chi connectivity index (χ3v) is 2.60. The first-order valence-electron chi connectivity index (χ1n) is 5.96. The van der Waals surface area contributed by atoms with Crippen LogP contribution in [0.15, 0.2) is 0 Å². The molecule has 0 atom stereocenters. The van der Waals surface area contributed by atoms with Crippen LogP contribution in [0.4, 0.5) is 0 Å². The normalized spacial score (nSPS) is 11.9. The third-order valence-electron chi connectivity index (χ3n) is 2.60. The maximum atomic E-state index is 12.1. The zero-order valence-corrected chi connectivity index (χ0v) is 11.6. The van der Waals surface area contributed by atoms with Gasteiger partial charge in [-0.1, -0.05) is 6.92 Å². The van der Waals surface area contributed by atoms with Crippen LogP contribution in [0.25, 0.3) is 0 Å². The van der Waals surface area contributed by atoms with Gasteiger partial charge in [0.1, 0.15) is 0 Å². The van der Waals surface area contributed by atoms with Crippen LogP contribution in [0, 0.1) is 0 Å². The molecule has 4 nitrogen and oxygen atoms in total. The molecule has 0 bridgehead atoms. The number of carbonyl (C=O) groups excluding carboxylic acids is 1. The van der Waals surface area contributed by atoms with E-state index in [-0.39, 0.29) is 5.91 Å². The van der Waals surface area contributed by atoms with E-state index >= 15 is 0 Å². The monoisotopic (exact) mass is 229 g/mol. The van der Waals surface area contributed by atoms with Gasteiger partial charge >= 0.3 is 0 Å². The van der Waals surface area contributed by atoms with Crippen LogP contribution < -0.4 is 5.32 Å². The highest BCUT2D eigenvalue weighted by molar-refractivity contribution is 5.85. The van der Waals surface area contributed by atoms with Gasteiger partial charge in [0.25, 0.3) is 0 Å². The van der Waals surface area contributed by atoms with Gasteiger partial charge in [-0.3, -0.25) is 4.79 Å². The highest BCUT2D eigenvalue weighted by Gasteiger charge is 2.28. The molecule has 1 amide bonds. The Balaban J connectivity index is 4.07. The molecule has 16 heavy (non-hydrogen) atoms. The Labute approximate surface area is 100.0 Å². The van der Waals surface area contributed by atoms with E-state index in [4.69, 9.17) is 0 Å². The highest BCUT2D eigenvalue weighted by atomic mass is 16.2. The lowest BCUT2D eigenvalue weighted by Crippen LogP contribution is -2.53. The van der Waals surface area contributed by atoms with Crippen LogP contribution in [0.2, 0.25) is 0 Å². The second-order valence-corrected chi connectivity index (χ2v) is 5.04. The van der Waals surface area contributed by atoms with Crippen molar-refractivity contribution in [2.24, 2.45) is 0 Å². The minimum Gasteiger partial charge on any atom is -0.344 e. The molecule has 0 aliphatic carbocycles. The zero-order chi connectivity index (χ0) is 12.8. The van der Waals surface area contributed by atoms with Crippen molar-refractivity contribution in [3.8, 4) is 0 Å². The summed E-state index contributed by atoms with van der Waals surface area (Å²) in [7, 11) is 5.96. The second kappa shape index (κ2) is 6.86. The summed E-state index contributed by atoms with van der Waals surface area (Å²) in [5.74, 6) is 0.160. The standard InChI is InChI=1S/C12H27N3O/c1-7-13-12(2,3)11(16)15(6)10-8-9-14(4)5/h13H,7-10H2,1-6H3. The molecule has 96 valence electrons. The van der Waals surface area contributed by atoms with E-state index in [1.165, 1.54) is 0 Å². The predicted molar refractivity (Wildman–Crippen MR) is 68.6 cm³/mol. The molecule has 0 heterocycles. The Morgan fingerprint density at radius 3 is 2.19 bits per heavy atom. The van der Waals surface area contributed by atoms with Crippen LogP contribution in [-0.2, 0) is 4.79 Å². The molecule has 0 aliphatic heterocycles. The van der Waals surface area contributed by atoms with E-state index in [1.807, 2.05) is 46.8 Å². The molecule has 1 N–H and O–H groups in total. The zero-order valence-electron chi connectivity index (χ0n) is 11.6. The molecule has 0 rings (SSSR count). The molecular weight excluding hydrogens is 202 g/mol. The Kier molecular flexibility index (Phi) is 6.60. The fraction of sp³-hybridized carbons (Fsp3) is 0.917. The molecule has 0 aliphatic rings. The Morgan fingerprint density at radius 1 is 1.19 bits per heavy atom. The van der Waals surface area contributed by atoms with Crippen molar-refractivity contribution in [1.82, 2.24) is 15.1 Å². The average Bonchev–Trinajstić information content (AvgIpc) is 2.15. The maximum absolute atomic E-state index is 12.1. The molecule has 0 fully saturated rings. The minimum atomic E-state index is -0.457. The number of hydrogen-bond acceptors (Lipinski definition) is 3. The summed E-state index contributed by atoms with van der Waals surface area (Å²) in [6.07, 6.45) is 1.01. The van der Waals surface area contributed by atoms with E-state index in [2.05, 4.69) is 10.2 Å². The molecule has 0 aromatic heterocycles. The molecular formula is C12H27N3O. The molecule has 0 saturated carbocycles. The quantitative estimate of drug-likeness (QED) is 0.701. The van der Waals surface area contributed by atoms with Gasteiger partial charge in [-0.15, -0.1) is 0 Å². The third kappa shape index (κ3) is 5.47. The summed E-state index contributed by atoms with van der Waals surface area (Å²) in [4.78, 5) is 16.0. The maximum Gasteiger partial charge on any atom is 0.242 e. The van der Waals surface area contributed by atoms with E-state index in [9.17, 15) is 4.79 Å². The Hall–Kier alpha value is -0.610. The first-order valence-corrected chi connectivity index (χ1v) is 5.96. The predicted octanol–water partition coefficient (Wildman–Crippen LogP) is 0.785. The summed E-state index contributed by atoms with van der Waals surface area (Å²) in [6.45, 7) is 8.51. The van der Waals surface area contributed by atoms with Crippen LogP contribution >= 0.6 is 0 Å². The van der Waals surface area contributed by atoms with E-state index in [0.29, 0.717) is 0 Å². The minimum absolute atomic E-state index is 0.160. The second-order valence-electron chi connectivity index (χ2n) is 5.04. The summed E-state index contributed by atoms with van der Waals surface area (Å²) >= 11 is 0. The first-order chi connectivity index (χ1) is 7.31. The molecule has 0 radical (unpaired) electrons. The number of nitrogens with zero attached hydrogens (tertiary/aromatic N) is 2. The van der Waals surface area contributed by atoms with Crippen molar-refractivity contribution in [3.63, 3.8) is 0 Å². The lowest BCUT2D eigenvalue weighted by Gasteiger charge is -2.30. The van der Waals surface area contributed by atoms with Gasteiger partial charge < -0.3 is 15.1 Å². The van der Waals surface area contributed by atoms with Gasteiger partial charge in [-0.25, -0.2) is 0 Å². The summed E-state index contributed by atoms with van der Waals surface area (Å²) < 4.78 is 0. The largest absolute Gasteiger partial charge is 0.344 e. The van der Waals surface area contributed by atoms with Gasteiger partial charge in [-0.2, -0.15) is 0 Å². The summed E-state index contributed by atoms with van der Waals surface area (Å²) in [5, 5.41) is 3.20. The van der Waals surface area contributed by atoms with Crippen LogP contribution in [0.1, 0.15) is 27.2 Å². The Bertz CT molecular complexity index is 214. The number of likely N-dealkylation sites (N-methyl/N-ethyl adjacent to an activating group) is 2. The van der Waals surface area contributed by atoms with Gasteiger partial charge in [0.15, 0.2) is 0 Å². The number of carbonyl (C=O) groups is 1. The number of rotatable bonds is 7. The van der Waals surface area contributed by atoms with E-state index < -0.39 is 5.54 Å². The molecule has 0 unspecified atom stereocenters. The molecule has 4 heteroatoms. The molecule has 0 saturated heterocycles. The smallest absolute Gasteiger partial charge is 0.242 e. The van der Waals surface area contributed by atoms with Crippen LogP contribution in [0.3, 0.4) is 0 Å². The molecule has 0 aromatic carbocycles. The number of amides is 1. The topological polar surface area (TPSA) is 35.6 Å². The first kappa shape index (κ1) is 15.4. The lowest BCUT2D eigenvalue weighted by molar-refractivity contribution is -0.135. The summed E-state index contributed by atoms with van der Waals surface area (Å²) in [6, 6.07) is 0. The Morgan fingerprint density at radius 2 is 1.75 bits per heavy atom. The average molecular weight is 229 g/mol. The van der Waals surface area contributed by atoms with Crippen molar-refractivity contribution in [2.45, 2.75) is 32.7 Å². The van der Waals surface area contributed by atoms with E-state index in [0.717, 1.165) is 26.1 Å². The van der Waals surface area contributed by atoms with Gasteiger partial charge in [0.05, 0.1) is 5.54 Å². The van der Waals surface area contributed by atoms with Crippen molar-refractivity contribution in [2.75, 3.05) is 40.8 Å². The number of nitrogens with one attached hydrogen (secondary N) is 1. The van der Waals surface area contributed by atoms with Gasteiger partial charge in [0, 0.05) is 13.6 Å². The van der Waals surface area contributed by atoms with Crippen molar-refractivity contribution in [3.05, 3.63) is 0 Å². The highest BCUT2D eigenvalue weighted by Crippen LogP contribution is 2.06. The van der Waals surface area contributed by atoms with Crippen LogP contribution in [0.5, 0.6) is 0 Å². The fourth-order valence-corrected chi connectivity index (χ4v) is 1.72. The van der Waals surface area contributed by atoms with E-state index in [1.54, 1.807) is 0 Å². The lowest BCUT2D eigenvalue weighted by atomic mass is 10.0. The van der Waals surface area contributed by atoms with Crippen molar-refractivity contribution in [1.29, 1.82) is 0 Å². The SMILES string of the molecule is CCNC(C)(C)C(=O)N(C)CCCN(C)C. The fourth-order valence-electron chi connectivity index (χ4n) is 1.72. The number of hydrogen-bond donors (Lipinski definition) is 1. The van der Waals surface area contributed by atoms with Gasteiger partial charge in [-0.05, 0) is 47.5 Å².